The van der Waals surface area contributed by atoms with Gasteiger partial charge in [0, 0.05) is 42.9 Å². The predicted octanol–water partition coefficient (Wildman–Crippen LogP) is 2.90. The minimum atomic E-state index is 0. The minimum Gasteiger partial charge on any atom is -0.379 e. The highest BCUT2D eigenvalue weighted by Crippen LogP contribution is 2.46. The van der Waals surface area contributed by atoms with E-state index in [1.165, 1.54) is 17.9 Å². The van der Waals surface area contributed by atoms with Gasteiger partial charge >= 0.3 is 0 Å². The lowest BCUT2D eigenvalue weighted by Gasteiger charge is -2.62. The standard InChI is InChI=1S/C19H36N4OS.HI/c1-6-20-16(23-14-17(2,3)18(23,4)5)21-13-19(7-12-25-15-19)22-8-10-24-11-9-22;/h6-15H2,1-5H3,(H,20,21);1H. The number of hydrogen-bond donors (Lipinski definition) is 1. The van der Waals surface area contributed by atoms with Crippen LogP contribution in [-0.2, 0) is 4.74 Å². The molecule has 1 N–H and O–H groups in total. The monoisotopic (exact) mass is 496 g/mol. The van der Waals surface area contributed by atoms with Gasteiger partial charge in [0.05, 0.1) is 25.3 Å². The molecular formula is C19H37IN4OS. The fraction of sp³-hybridized carbons (Fsp3) is 0.947. The van der Waals surface area contributed by atoms with Gasteiger partial charge in [0.2, 0.25) is 0 Å². The Labute approximate surface area is 181 Å². The van der Waals surface area contributed by atoms with Crippen LogP contribution in [-0.4, -0.2) is 84.3 Å². The molecule has 3 aliphatic rings. The molecule has 0 radical (unpaired) electrons. The van der Waals surface area contributed by atoms with Gasteiger partial charge in [-0.2, -0.15) is 11.8 Å². The van der Waals surface area contributed by atoms with Gasteiger partial charge in [-0.15, -0.1) is 24.0 Å². The summed E-state index contributed by atoms with van der Waals surface area (Å²) < 4.78 is 5.58. The molecule has 0 aromatic heterocycles. The Kier molecular flexibility index (Phi) is 7.58. The molecule has 0 bridgehead atoms. The van der Waals surface area contributed by atoms with E-state index < -0.39 is 0 Å². The van der Waals surface area contributed by atoms with Gasteiger partial charge in [-0.05, 0) is 32.9 Å². The Balaban J connectivity index is 0.00000243. The van der Waals surface area contributed by atoms with E-state index in [1.54, 1.807) is 0 Å². The van der Waals surface area contributed by atoms with Gasteiger partial charge in [0.25, 0.3) is 0 Å². The lowest BCUT2D eigenvalue weighted by molar-refractivity contribution is -0.0671. The van der Waals surface area contributed by atoms with E-state index in [9.17, 15) is 0 Å². The van der Waals surface area contributed by atoms with E-state index in [2.05, 4.69) is 61.5 Å². The zero-order chi connectivity index (χ0) is 18.1. The summed E-state index contributed by atoms with van der Waals surface area (Å²) in [6.07, 6.45) is 1.25. The van der Waals surface area contributed by atoms with Crippen molar-refractivity contribution in [3.63, 3.8) is 0 Å². The summed E-state index contributed by atoms with van der Waals surface area (Å²) in [5, 5.41) is 3.55. The van der Waals surface area contributed by atoms with Crippen LogP contribution in [0.2, 0.25) is 0 Å². The van der Waals surface area contributed by atoms with Crippen LogP contribution in [0.3, 0.4) is 0 Å². The molecule has 0 saturated carbocycles. The fourth-order valence-corrected chi connectivity index (χ4v) is 5.59. The Morgan fingerprint density at radius 1 is 1.19 bits per heavy atom. The number of ether oxygens (including phenoxy) is 1. The molecule has 3 heterocycles. The molecule has 3 saturated heterocycles. The topological polar surface area (TPSA) is 40.1 Å². The average molecular weight is 497 g/mol. The summed E-state index contributed by atoms with van der Waals surface area (Å²) in [6.45, 7) is 18.3. The molecule has 0 aliphatic carbocycles. The molecule has 1 unspecified atom stereocenters. The first-order valence-electron chi connectivity index (χ1n) is 9.79. The summed E-state index contributed by atoms with van der Waals surface area (Å²) in [4.78, 5) is 10.3. The summed E-state index contributed by atoms with van der Waals surface area (Å²) in [5.74, 6) is 3.55. The first-order valence-corrected chi connectivity index (χ1v) is 10.9. The fourth-order valence-electron chi connectivity index (χ4n) is 4.13. The molecule has 5 nitrogen and oxygen atoms in total. The lowest BCUT2D eigenvalue weighted by Crippen LogP contribution is -2.72. The Morgan fingerprint density at radius 2 is 1.88 bits per heavy atom. The largest absolute Gasteiger partial charge is 0.379 e. The van der Waals surface area contributed by atoms with E-state index in [-0.39, 0.29) is 35.1 Å². The molecule has 0 aromatic rings. The number of guanidine groups is 1. The van der Waals surface area contributed by atoms with Crippen molar-refractivity contribution in [3.05, 3.63) is 0 Å². The molecule has 0 aromatic carbocycles. The maximum Gasteiger partial charge on any atom is 0.194 e. The second-order valence-electron chi connectivity index (χ2n) is 8.83. The third kappa shape index (κ3) is 4.15. The van der Waals surface area contributed by atoms with Crippen molar-refractivity contribution in [1.29, 1.82) is 0 Å². The van der Waals surface area contributed by atoms with Crippen LogP contribution >= 0.6 is 35.7 Å². The molecule has 26 heavy (non-hydrogen) atoms. The maximum absolute atomic E-state index is 5.58. The highest BCUT2D eigenvalue weighted by atomic mass is 127. The molecule has 0 spiro atoms. The van der Waals surface area contributed by atoms with Crippen molar-refractivity contribution in [3.8, 4) is 0 Å². The molecule has 3 rings (SSSR count). The zero-order valence-electron chi connectivity index (χ0n) is 17.1. The second kappa shape index (κ2) is 8.74. The van der Waals surface area contributed by atoms with Crippen molar-refractivity contribution in [2.75, 3.05) is 57.4 Å². The van der Waals surface area contributed by atoms with Gasteiger partial charge in [-0.25, -0.2) is 0 Å². The van der Waals surface area contributed by atoms with Gasteiger partial charge in [0.1, 0.15) is 0 Å². The Morgan fingerprint density at radius 3 is 2.38 bits per heavy atom. The normalized spacial score (nSPS) is 31.3. The highest BCUT2D eigenvalue weighted by molar-refractivity contribution is 14.0. The minimum absolute atomic E-state index is 0. The van der Waals surface area contributed by atoms with Gasteiger partial charge in [-0.3, -0.25) is 9.89 Å². The lowest BCUT2D eigenvalue weighted by atomic mass is 9.65. The molecule has 0 amide bonds. The van der Waals surface area contributed by atoms with E-state index in [0.29, 0.717) is 5.41 Å². The average Bonchev–Trinajstić information content (AvgIpc) is 3.08. The van der Waals surface area contributed by atoms with Crippen LogP contribution in [0.4, 0.5) is 0 Å². The van der Waals surface area contributed by atoms with Crippen LogP contribution in [0.25, 0.3) is 0 Å². The molecule has 3 fully saturated rings. The molecule has 3 aliphatic heterocycles. The highest BCUT2D eigenvalue weighted by Gasteiger charge is 2.54. The molecule has 1 atom stereocenters. The first kappa shape index (κ1) is 22.6. The quantitative estimate of drug-likeness (QED) is 0.368. The van der Waals surface area contributed by atoms with Crippen molar-refractivity contribution in [2.24, 2.45) is 10.4 Å². The first-order chi connectivity index (χ1) is 11.8. The Bertz CT molecular complexity index is 500. The molecular weight excluding hydrogens is 459 g/mol. The number of thioether (sulfide) groups is 1. The third-order valence-electron chi connectivity index (χ3n) is 6.76. The third-order valence-corrected chi connectivity index (χ3v) is 8.00. The predicted molar refractivity (Wildman–Crippen MR) is 123 cm³/mol. The number of hydrogen-bond acceptors (Lipinski definition) is 4. The molecule has 7 heteroatoms. The van der Waals surface area contributed by atoms with Gasteiger partial charge in [-0.1, -0.05) is 13.8 Å². The summed E-state index contributed by atoms with van der Waals surface area (Å²) >= 11 is 2.08. The smallest absolute Gasteiger partial charge is 0.194 e. The van der Waals surface area contributed by atoms with Crippen LogP contribution in [0.5, 0.6) is 0 Å². The van der Waals surface area contributed by atoms with E-state index in [0.717, 1.165) is 51.9 Å². The maximum atomic E-state index is 5.58. The number of morpholine rings is 1. The summed E-state index contributed by atoms with van der Waals surface area (Å²) in [6, 6.07) is 0. The van der Waals surface area contributed by atoms with Crippen LogP contribution in [0.1, 0.15) is 41.0 Å². The van der Waals surface area contributed by atoms with Crippen molar-refractivity contribution in [1.82, 2.24) is 15.1 Å². The number of nitrogens with one attached hydrogen (secondary N) is 1. The zero-order valence-corrected chi connectivity index (χ0v) is 20.3. The van der Waals surface area contributed by atoms with Crippen molar-refractivity contribution < 1.29 is 4.74 Å². The second-order valence-corrected chi connectivity index (χ2v) is 9.93. The van der Waals surface area contributed by atoms with Crippen LogP contribution in [0, 0.1) is 5.41 Å². The van der Waals surface area contributed by atoms with Gasteiger partial charge in [0.15, 0.2) is 5.96 Å². The van der Waals surface area contributed by atoms with E-state index in [4.69, 9.17) is 9.73 Å². The number of halogens is 1. The SMILES string of the molecule is CCNC(=NCC1(N2CCOCC2)CCSC1)N1CC(C)(C)C1(C)C.I. The summed E-state index contributed by atoms with van der Waals surface area (Å²) in [7, 11) is 0. The number of likely N-dealkylation sites (tertiary alicyclic amines) is 1. The van der Waals surface area contributed by atoms with Crippen molar-refractivity contribution >= 4 is 41.7 Å². The molecule has 152 valence electrons. The number of aliphatic imine (C=N–C) groups is 1. The number of nitrogens with zero attached hydrogens (tertiary/aromatic N) is 3. The van der Waals surface area contributed by atoms with Crippen molar-refractivity contribution in [2.45, 2.75) is 52.1 Å². The van der Waals surface area contributed by atoms with E-state index >= 15 is 0 Å². The Hall–Kier alpha value is 0.270. The van der Waals surface area contributed by atoms with E-state index in [1.807, 2.05) is 0 Å². The van der Waals surface area contributed by atoms with Gasteiger partial charge < -0.3 is 15.0 Å². The number of rotatable bonds is 4. The van der Waals surface area contributed by atoms with Crippen LogP contribution in [0.15, 0.2) is 4.99 Å². The summed E-state index contributed by atoms with van der Waals surface area (Å²) in [5.41, 5.74) is 0.693. The van der Waals surface area contributed by atoms with Crippen LogP contribution < -0.4 is 5.32 Å².